The molecule has 1 amide bonds. The maximum absolute atomic E-state index is 12.9. The predicted octanol–water partition coefficient (Wildman–Crippen LogP) is 1.81. The van der Waals surface area contributed by atoms with E-state index in [0.717, 1.165) is 43.7 Å². The van der Waals surface area contributed by atoms with Gasteiger partial charge < -0.3 is 9.32 Å². The highest BCUT2D eigenvalue weighted by Gasteiger charge is 2.29. The standard InChI is InChI=1S/C22H29N5O4S/c1-15-7-9-17(10-8-15)32(29,30)25-23-18-5-4-6-19-20(18)16(2)21(31-19)22(28)24-27-13-11-26(3)12-14-27/h7-10,25H,4-6,11-14H2,1-3H3,(H,24,28)/b23-18+. The van der Waals surface area contributed by atoms with Gasteiger partial charge in [0.1, 0.15) is 5.76 Å². The Kier molecular flexibility index (Phi) is 6.36. The SMILES string of the molecule is Cc1ccc(S(=O)(=O)N/N=C2\CCCc3oc(C(=O)NN4CCN(C)CC4)c(C)c32)cc1. The van der Waals surface area contributed by atoms with E-state index < -0.39 is 10.0 Å². The molecule has 2 aliphatic rings. The summed E-state index contributed by atoms with van der Waals surface area (Å²) in [6, 6.07) is 6.58. The van der Waals surface area contributed by atoms with Gasteiger partial charge in [-0.2, -0.15) is 18.4 Å². The lowest BCUT2D eigenvalue weighted by Crippen LogP contribution is -2.52. The van der Waals surface area contributed by atoms with Gasteiger partial charge in [0.15, 0.2) is 5.76 Å². The summed E-state index contributed by atoms with van der Waals surface area (Å²) in [5, 5.41) is 6.12. The Morgan fingerprint density at radius 3 is 2.44 bits per heavy atom. The molecular formula is C22H29N5O4S. The number of sulfonamides is 1. The Hall–Kier alpha value is -2.69. The Labute approximate surface area is 188 Å². The van der Waals surface area contributed by atoms with E-state index in [9.17, 15) is 13.2 Å². The summed E-state index contributed by atoms with van der Waals surface area (Å²) >= 11 is 0. The molecule has 9 nitrogen and oxygen atoms in total. The zero-order valence-corrected chi connectivity index (χ0v) is 19.5. The molecule has 0 atom stereocenters. The molecule has 0 radical (unpaired) electrons. The number of carbonyl (C=O) groups excluding carboxylic acids is 1. The number of carbonyl (C=O) groups is 1. The van der Waals surface area contributed by atoms with Crippen LogP contribution in [0.2, 0.25) is 0 Å². The van der Waals surface area contributed by atoms with Crippen LogP contribution in [0.1, 0.15) is 45.8 Å². The highest BCUT2D eigenvalue weighted by Crippen LogP contribution is 2.30. The van der Waals surface area contributed by atoms with E-state index in [1.807, 2.05) is 18.9 Å². The number of hydrazone groups is 1. The van der Waals surface area contributed by atoms with Gasteiger partial charge in [-0.3, -0.25) is 10.2 Å². The Bertz CT molecular complexity index is 1130. The van der Waals surface area contributed by atoms with Crippen LogP contribution in [-0.2, 0) is 16.4 Å². The zero-order valence-electron chi connectivity index (χ0n) is 18.6. The molecule has 0 saturated carbocycles. The van der Waals surface area contributed by atoms with Gasteiger partial charge >= 0.3 is 5.91 Å². The minimum atomic E-state index is -3.78. The Morgan fingerprint density at radius 2 is 1.75 bits per heavy atom. The monoisotopic (exact) mass is 459 g/mol. The molecule has 1 fully saturated rings. The number of hydrogen-bond acceptors (Lipinski definition) is 7. The first-order valence-corrected chi connectivity index (χ1v) is 12.2. The molecular weight excluding hydrogens is 430 g/mol. The third-order valence-electron chi connectivity index (χ3n) is 5.93. The number of hydrogen-bond donors (Lipinski definition) is 2. The van der Waals surface area contributed by atoms with Crippen molar-refractivity contribution in [3.8, 4) is 0 Å². The van der Waals surface area contributed by atoms with Gasteiger partial charge in [0.2, 0.25) is 0 Å². The van der Waals surface area contributed by atoms with Gasteiger partial charge in [-0.05, 0) is 45.9 Å². The van der Waals surface area contributed by atoms with Crippen molar-refractivity contribution in [1.82, 2.24) is 20.2 Å². The number of nitrogens with zero attached hydrogens (tertiary/aromatic N) is 3. The third kappa shape index (κ3) is 4.72. The van der Waals surface area contributed by atoms with Crippen LogP contribution in [-0.4, -0.2) is 63.2 Å². The van der Waals surface area contributed by atoms with Crippen molar-refractivity contribution < 1.29 is 17.6 Å². The molecule has 1 aromatic heterocycles. The second-order valence-corrected chi connectivity index (χ2v) is 10.1. The zero-order chi connectivity index (χ0) is 22.9. The van der Waals surface area contributed by atoms with Crippen LogP contribution >= 0.6 is 0 Å². The minimum Gasteiger partial charge on any atom is -0.455 e. The average molecular weight is 460 g/mol. The van der Waals surface area contributed by atoms with Crippen molar-refractivity contribution in [3.63, 3.8) is 0 Å². The normalized spacial score (nSPS) is 19.0. The summed E-state index contributed by atoms with van der Waals surface area (Å²) in [5.74, 6) is 0.636. The lowest BCUT2D eigenvalue weighted by molar-refractivity contribution is 0.0634. The molecule has 10 heteroatoms. The van der Waals surface area contributed by atoms with E-state index in [1.165, 1.54) is 0 Å². The van der Waals surface area contributed by atoms with Crippen LogP contribution in [0, 0.1) is 13.8 Å². The van der Waals surface area contributed by atoms with Gasteiger partial charge in [-0.15, -0.1) is 0 Å². The first kappa shape index (κ1) is 22.5. The maximum atomic E-state index is 12.9. The molecule has 1 aliphatic heterocycles. The van der Waals surface area contributed by atoms with E-state index >= 15 is 0 Å². The number of likely N-dealkylation sites (N-methyl/N-ethyl adjacent to an activating group) is 1. The second kappa shape index (κ2) is 9.05. The fourth-order valence-corrected chi connectivity index (χ4v) is 4.82. The number of benzene rings is 1. The largest absolute Gasteiger partial charge is 0.455 e. The molecule has 2 aromatic rings. The van der Waals surface area contributed by atoms with Gasteiger partial charge in [-0.25, -0.2) is 5.01 Å². The van der Waals surface area contributed by atoms with E-state index in [0.29, 0.717) is 29.9 Å². The average Bonchev–Trinajstić information content (AvgIpc) is 3.11. The Morgan fingerprint density at radius 1 is 1.06 bits per heavy atom. The third-order valence-corrected chi connectivity index (χ3v) is 7.15. The molecule has 0 spiro atoms. The van der Waals surface area contributed by atoms with Gasteiger partial charge in [0.05, 0.1) is 10.6 Å². The lowest BCUT2D eigenvalue weighted by Gasteiger charge is -2.32. The van der Waals surface area contributed by atoms with E-state index in [-0.39, 0.29) is 16.6 Å². The summed E-state index contributed by atoms with van der Waals surface area (Å²) in [4.78, 5) is 17.6. The van der Waals surface area contributed by atoms with E-state index in [4.69, 9.17) is 4.42 Å². The van der Waals surface area contributed by atoms with Gasteiger partial charge in [-0.1, -0.05) is 17.7 Å². The first-order chi connectivity index (χ1) is 15.2. The number of rotatable bonds is 5. The van der Waals surface area contributed by atoms with E-state index in [2.05, 4.69) is 27.3 Å². The molecule has 172 valence electrons. The van der Waals surface area contributed by atoms with Crippen LogP contribution in [0.25, 0.3) is 0 Å². The van der Waals surface area contributed by atoms with Crippen LogP contribution in [0.15, 0.2) is 38.7 Å². The molecule has 2 heterocycles. The molecule has 2 N–H and O–H groups in total. The fraction of sp³-hybridized carbons (Fsp3) is 0.455. The molecule has 1 aromatic carbocycles. The Balaban J connectivity index is 1.54. The fourth-order valence-electron chi connectivity index (χ4n) is 3.99. The van der Waals surface area contributed by atoms with Crippen LogP contribution in [0.3, 0.4) is 0 Å². The van der Waals surface area contributed by atoms with Crippen molar-refractivity contribution >= 4 is 21.6 Å². The van der Waals surface area contributed by atoms with Crippen LogP contribution in [0.4, 0.5) is 0 Å². The lowest BCUT2D eigenvalue weighted by atomic mass is 9.93. The number of nitrogens with one attached hydrogen (secondary N) is 2. The quantitative estimate of drug-likeness (QED) is 0.661. The number of amides is 1. The highest BCUT2D eigenvalue weighted by molar-refractivity contribution is 7.89. The number of furan rings is 1. The summed E-state index contributed by atoms with van der Waals surface area (Å²) in [6.07, 6.45) is 2.05. The molecule has 1 aliphatic carbocycles. The molecule has 1 saturated heterocycles. The smallest absolute Gasteiger partial charge is 0.301 e. The summed E-state index contributed by atoms with van der Waals surface area (Å²) in [7, 11) is -1.73. The molecule has 0 unspecified atom stereocenters. The topological polar surface area (TPSA) is 107 Å². The van der Waals surface area contributed by atoms with Crippen molar-refractivity contribution in [3.05, 3.63) is 52.5 Å². The molecule has 4 rings (SSSR count). The number of hydrazine groups is 1. The molecule has 32 heavy (non-hydrogen) atoms. The summed E-state index contributed by atoms with van der Waals surface area (Å²) in [5.41, 5.74) is 5.89. The van der Waals surface area contributed by atoms with Gasteiger partial charge in [0.25, 0.3) is 10.0 Å². The van der Waals surface area contributed by atoms with E-state index in [1.54, 1.807) is 24.3 Å². The second-order valence-electron chi connectivity index (χ2n) is 8.41. The molecule has 0 bridgehead atoms. The predicted molar refractivity (Wildman–Crippen MR) is 121 cm³/mol. The maximum Gasteiger partial charge on any atom is 0.301 e. The van der Waals surface area contributed by atoms with Crippen LogP contribution < -0.4 is 10.3 Å². The number of piperazine rings is 1. The van der Waals surface area contributed by atoms with Crippen molar-refractivity contribution in [2.75, 3.05) is 33.2 Å². The van der Waals surface area contributed by atoms with Gasteiger partial charge in [0, 0.05) is 43.7 Å². The highest BCUT2D eigenvalue weighted by atomic mass is 32.2. The van der Waals surface area contributed by atoms with Crippen molar-refractivity contribution in [1.29, 1.82) is 0 Å². The van der Waals surface area contributed by atoms with Crippen molar-refractivity contribution in [2.24, 2.45) is 5.10 Å². The summed E-state index contributed by atoms with van der Waals surface area (Å²) < 4.78 is 31.2. The first-order valence-electron chi connectivity index (χ1n) is 10.8. The summed E-state index contributed by atoms with van der Waals surface area (Å²) in [6.45, 7) is 6.96. The van der Waals surface area contributed by atoms with Crippen molar-refractivity contribution in [2.45, 2.75) is 38.0 Å². The number of aryl methyl sites for hydroxylation is 2. The van der Waals surface area contributed by atoms with Crippen LogP contribution in [0.5, 0.6) is 0 Å². The minimum absolute atomic E-state index is 0.152. The number of fused-ring (bicyclic) bond motifs is 1.